The van der Waals surface area contributed by atoms with Crippen molar-refractivity contribution >= 4 is 11.4 Å². The number of nitrogens with one attached hydrogen (secondary N) is 2. The maximum absolute atomic E-state index is 13.2. The van der Waals surface area contributed by atoms with E-state index in [9.17, 15) is 143 Å². The summed E-state index contributed by atoms with van der Waals surface area (Å²) in [6.07, 6.45) is -53.3. The zero-order valence-electron chi connectivity index (χ0n) is 63.7. The molecule has 0 amide bonds. The minimum Gasteiger partial charge on any atom is -0.370 e. The van der Waals surface area contributed by atoms with Crippen molar-refractivity contribution in [3.63, 3.8) is 0 Å². The zero-order valence-corrected chi connectivity index (χ0v) is 63.7. The molecule has 4 heterocycles. The molecule has 12 rings (SSSR count). The van der Waals surface area contributed by atoms with E-state index in [4.69, 9.17) is 37.9 Å². The molecule has 2 fully saturated rings. The second kappa shape index (κ2) is 38.8. The molecule has 44 heteroatoms. The molecule has 0 radical (unpaired) electrons. The number of aliphatic imine (C=N–C) groups is 2. The highest BCUT2D eigenvalue weighted by molar-refractivity contribution is 6.04. The molecule has 0 aromatic heterocycles. The van der Waals surface area contributed by atoms with E-state index in [1.165, 1.54) is 76.2 Å². The first-order valence-corrected chi connectivity index (χ1v) is 36.1. The lowest BCUT2D eigenvalue weighted by molar-refractivity contribution is -0.289. The number of aliphatic hydroxyl groups excluding tert-OH is 2. The minimum atomic E-state index is -5.01. The fourth-order valence-corrected chi connectivity index (χ4v) is 12.2. The molecule has 16 nitrogen and oxygen atoms in total. The summed E-state index contributed by atoms with van der Waals surface area (Å²) in [7, 11) is 0. The van der Waals surface area contributed by atoms with Gasteiger partial charge in [0, 0.05) is 35.3 Å². The van der Waals surface area contributed by atoms with E-state index in [0.717, 1.165) is 48.5 Å². The monoisotopic (exact) mass is 1810 g/mol. The van der Waals surface area contributed by atoms with E-state index in [0.29, 0.717) is 59.7 Å². The van der Waals surface area contributed by atoms with Crippen LogP contribution in [-0.2, 0) is 98.8 Å². The van der Waals surface area contributed by atoms with Crippen LogP contribution in [-0.4, -0.2) is 109 Å². The lowest BCUT2D eigenvalue weighted by Gasteiger charge is -2.41. The molecular formula is C80H68F28N4O12. The summed E-state index contributed by atoms with van der Waals surface area (Å²) in [5.41, 5.74) is -16.5. The van der Waals surface area contributed by atoms with Crippen LogP contribution < -0.4 is 10.6 Å². The smallest absolute Gasteiger partial charge is 0.370 e. The van der Waals surface area contributed by atoms with E-state index < -0.39 is 202 Å². The number of benzene rings is 8. The largest absolute Gasteiger partial charge is 0.416 e. The first kappa shape index (κ1) is 98.4. The number of nitrogens with zero attached hydrogens (tertiary/aromatic N) is 2. The SMILES string of the molecule is C[C@@H](O[C@H]1OCCN[C@@]1(O)c1ccc(F)cc1)c1cc(C(F)(F)F)cc(C(F)(F)F)c1.C[C@@H](O[C@H]1OCCN[C@]1(O)c1ccc(F)cc1)c1cc(C(F)(F)F)cc(C(F)(F)F)c1.C[C@@H](O[C@H]1OC[C@@H](O)N=C1c1ccc(F)cc1)c1cc(C(F)(F)F)cc(C(F)(F)F)c1.C[C@@H](O[C@H]1OC[C@H](O)N=C1c1ccc(F)cc1)c1cc(C(F)(F)F)cc(C(F)(F)F)c1. The molecule has 12 atom stereocenters. The third-order valence-electron chi connectivity index (χ3n) is 18.5. The Kier molecular flexibility index (Phi) is 30.8. The molecule has 8 aromatic rings. The molecule has 4 aliphatic rings. The van der Waals surface area contributed by atoms with Gasteiger partial charge in [0.25, 0.3) is 0 Å². The fourth-order valence-electron chi connectivity index (χ4n) is 12.2. The first-order chi connectivity index (χ1) is 57.3. The van der Waals surface area contributed by atoms with Gasteiger partial charge in [0.15, 0.2) is 23.9 Å². The fraction of sp³-hybridized carbons (Fsp3) is 0.375. The Balaban J connectivity index is 0.000000187. The molecule has 0 saturated carbocycles. The van der Waals surface area contributed by atoms with Gasteiger partial charge < -0.3 is 58.3 Å². The van der Waals surface area contributed by atoms with Gasteiger partial charge in [-0.25, -0.2) is 17.6 Å². The Bertz CT molecular complexity index is 4530. The Morgan fingerprint density at radius 3 is 0.750 bits per heavy atom. The third kappa shape index (κ3) is 25.9. The number of hydrogen-bond donors (Lipinski definition) is 6. The average molecular weight is 1810 g/mol. The highest BCUT2D eigenvalue weighted by Crippen LogP contribution is 2.45. The summed E-state index contributed by atoms with van der Waals surface area (Å²) >= 11 is 0. The lowest BCUT2D eigenvalue weighted by atomic mass is 9.99. The summed E-state index contributed by atoms with van der Waals surface area (Å²) in [4.78, 5) is 7.93. The maximum atomic E-state index is 13.2. The van der Waals surface area contributed by atoms with Crippen molar-refractivity contribution < 1.29 is 181 Å². The van der Waals surface area contributed by atoms with Crippen LogP contribution in [0.25, 0.3) is 0 Å². The maximum Gasteiger partial charge on any atom is 0.416 e. The molecule has 676 valence electrons. The van der Waals surface area contributed by atoms with Crippen molar-refractivity contribution in [2.45, 2.75) is 151 Å². The van der Waals surface area contributed by atoms with Crippen LogP contribution in [0.4, 0.5) is 123 Å². The van der Waals surface area contributed by atoms with Crippen LogP contribution in [0.3, 0.4) is 0 Å². The van der Waals surface area contributed by atoms with Crippen LogP contribution in [0.2, 0.25) is 0 Å². The first-order valence-electron chi connectivity index (χ1n) is 36.1. The van der Waals surface area contributed by atoms with Gasteiger partial charge in [-0.05, 0) is 171 Å². The van der Waals surface area contributed by atoms with Gasteiger partial charge in [-0.15, -0.1) is 0 Å². The predicted molar refractivity (Wildman–Crippen MR) is 377 cm³/mol. The number of rotatable bonds is 16. The normalized spacial score (nSPS) is 22.3. The van der Waals surface area contributed by atoms with Gasteiger partial charge in [0.05, 0.1) is 95.4 Å². The Labute approximate surface area is 683 Å². The van der Waals surface area contributed by atoms with Crippen molar-refractivity contribution in [3.8, 4) is 0 Å². The number of aliphatic hydroxyl groups is 4. The Hall–Kier alpha value is -9.42. The third-order valence-corrected chi connectivity index (χ3v) is 18.5. The van der Waals surface area contributed by atoms with E-state index >= 15 is 0 Å². The van der Waals surface area contributed by atoms with Crippen molar-refractivity contribution in [3.05, 3.63) is 282 Å². The van der Waals surface area contributed by atoms with Gasteiger partial charge in [-0.2, -0.15) is 105 Å². The van der Waals surface area contributed by atoms with Gasteiger partial charge in [0.1, 0.15) is 34.7 Å². The average Bonchev–Trinajstić information content (AvgIpc) is 0.781. The van der Waals surface area contributed by atoms with Gasteiger partial charge >= 0.3 is 49.4 Å². The standard InChI is InChI=1S/2C20H16F7NO3.2C20H18F7NO3/c2*1-10(12-6-13(19(22,23)24)8-14(7-12)20(25,26)27)31-18-17(28-16(29)9-30-18)11-2-4-15(21)5-3-11;2*1-11(12-8-14(19(22,23)24)10-15(9-12)20(25,26)27)31-17-18(29,28-6-7-30-17)13-2-4-16(21)5-3-13/h2*2-8,10,16,18,29H,9H2,1H3;2*2-5,8-11,17,28-29H,6-7H2,1H3/t10-,16+,18-;10-,16-,18-;11-,17-,18+;11-,17-,18-/m1111/s1. The summed E-state index contributed by atoms with van der Waals surface area (Å²) in [6, 6.07) is 23.6. The van der Waals surface area contributed by atoms with E-state index in [1.54, 1.807) is 0 Å². The topological polar surface area (TPSA) is 204 Å². The molecule has 6 N–H and O–H groups in total. The van der Waals surface area contributed by atoms with Crippen LogP contribution in [0, 0.1) is 23.3 Å². The predicted octanol–water partition coefficient (Wildman–Crippen LogP) is 19.7. The van der Waals surface area contributed by atoms with Crippen LogP contribution in [0.1, 0.15) is 141 Å². The van der Waals surface area contributed by atoms with Gasteiger partial charge in [-0.1, -0.05) is 48.5 Å². The van der Waals surface area contributed by atoms with E-state index in [-0.39, 0.29) is 97.5 Å². The molecule has 2 saturated heterocycles. The number of hydrogen-bond acceptors (Lipinski definition) is 16. The quantitative estimate of drug-likeness (QED) is 0.0499. The highest BCUT2D eigenvalue weighted by atomic mass is 19.4. The summed E-state index contributed by atoms with van der Waals surface area (Å²) in [5, 5.41) is 46.9. The summed E-state index contributed by atoms with van der Waals surface area (Å²) in [5.74, 6) is -2.23. The Morgan fingerprint density at radius 1 is 0.323 bits per heavy atom. The molecule has 4 aliphatic heterocycles. The molecular weight excluding hydrogens is 1740 g/mol. The lowest BCUT2D eigenvalue weighted by Crippen LogP contribution is -2.58. The van der Waals surface area contributed by atoms with Crippen LogP contribution in [0.5, 0.6) is 0 Å². The molecule has 8 aromatic carbocycles. The second-order valence-corrected chi connectivity index (χ2v) is 27.6. The molecule has 0 aliphatic carbocycles. The minimum absolute atomic E-state index is 0.0176. The highest BCUT2D eigenvalue weighted by Gasteiger charge is 2.48. The summed E-state index contributed by atoms with van der Waals surface area (Å²) in [6.45, 7) is 4.81. The van der Waals surface area contributed by atoms with Crippen molar-refractivity contribution in [2.24, 2.45) is 9.98 Å². The summed E-state index contributed by atoms with van der Waals surface area (Å²) < 4.78 is 411. The van der Waals surface area contributed by atoms with Crippen molar-refractivity contribution in [1.29, 1.82) is 0 Å². The Morgan fingerprint density at radius 2 is 0.532 bits per heavy atom. The van der Waals surface area contributed by atoms with E-state index in [2.05, 4.69) is 20.6 Å². The molecule has 124 heavy (non-hydrogen) atoms. The van der Waals surface area contributed by atoms with Gasteiger partial charge in [0.2, 0.25) is 25.2 Å². The number of morpholine rings is 2. The number of alkyl halides is 24. The number of halogens is 28. The number of ether oxygens (including phenoxy) is 8. The second-order valence-electron chi connectivity index (χ2n) is 27.6. The molecule has 0 bridgehead atoms. The van der Waals surface area contributed by atoms with Crippen molar-refractivity contribution in [1.82, 2.24) is 10.6 Å². The molecule has 0 spiro atoms. The van der Waals surface area contributed by atoms with Crippen molar-refractivity contribution in [2.75, 3.05) is 39.5 Å². The molecule has 0 unspecified atom stereocenters. The van der Waals surface area contributed by atoms with E-state index in [1.807, 2.05) is 0 Å². The van der Waals surface area contributed by atoms with Crippen LogP contribution in [0.15, 0.2) is 180 Å². The van der Waals surface area contributed by atoms with Crippen LogP contribution >= 0.6 is 0 Å². The van der Waals surface area contributed by atoms with Gasteiger partial charge in [-0.3, -0.25) is 20.6 Å². The zero-order chi connectivity index (χ0) is 92.0.